The first-order chi connectivity index (χ1) is 23.2. The Balaban J connectivity index is 1.24. The van der Waals surface area contributed by atoms with Crippen molar-refractivity contribution in [2.75, 3.05) is 30.6 Å². The lowest BCUT2D eigenvalue weighted by molar-refractivity contribution is -0.114. The van der Waals surface area contributed by atoms with Gasteiger partial charge in [-0.2, -0.15) is 0 Å². The van der Waals surface area contributed by atoms with Gasteiger partial charge in [0.1, 0.15) is 5.70 Å². The lowest BCUT2D eigenvalue weighted by Gasteiger charge is -2.14. The minimum absolute atomic E-state index is 0.00786. The van der Waals surface area contributed by atoms with Crippen LogP contribution in [0.2, 0.25) is 0 Å². The second kappa shape index (κ2) is 15.9. The van der Waals surface area contributed by atoms with E-state index in [1.165, 1.54) is 49.0 Å². The molecule has 11 heteroatoms. The van der Waals surface area contributed by atoms with E-state index in [2.05, 4.69) is 20.9 Å². The van der Waals surface area contributed by atoms with E-state index in [1.807, 2.05) is 50.2 Å². The van der Waals surface area contributed by atoms with Gasteiger partial charge in [0.25, 0.3) is 11.8 Å². The molecule has 0 saturated heterocycles. The van der Waals surface area contributed by atoms with Gasteiger partial charge in [0.05, 0.1) is 25.7 Å². The Labute approximate surface area is 287 Å². The molecule has 244 valence electrons. The quantitative estimate of drug-likeness (QED) is 0.0920. The number of rotatable bonds is 12. The number of hydrogen-bond acceptors (Lipinski definition) is 8. The van der Waals surface area contributed by atoms with Crippen molar-refractivity contribution in [1.82, 2.24) is 10.3 Å². The van der Waals surface area contributed by atoms with Crippen molar-refractivity contribution in [2.24, 2.45) is 0 Å². The SMILES string of the molecule is COc1cccc(/C=C(\NC(=O)c2ccccc2)C(=O)Nc2ccc(SCC(=O)Nc3nc(-c4ccc(C)cc4)c(C)s3)cc2)c1OC. The zero-order valence-corrected chi connectivity index (χ0v) is 28.5. The van der Waals surface area contributed by atoms with Gasteiger partial charge in [-0.15, -0.1) is 23.1 Å². The number of aryl methyl sites for hydroxylation is 2. The molecule has 0 radical (unpaired) electrons. The van der Waals surface area contributed by atoms with Crippen LogP contribution in [-0.4, -0.2) is 42.7 Å². The molecule has 4 aromatic carbocycles. The third-order valence-corrected chi connectivity index (χ3v) is 9.01. The number of carbonyl (C=O) groups is 3. The molecule has 1 heterocycles. The number of nitrogens with zero attached hydrogens (tertiary/aromatic N) is 1. The van der Waals surface area contributed by atoms with Crippen LogP contribution in [0.3, 0.4) is 0 Å². The Hall–Kier alpha value is -5.39. The van der Waals surface area contributed by atoms with Crippen LogP contribution in [0.5, 0.6) is 11.5 Å². The molecular formula is C37H34N4O5S2. The summed E-state index contributed by atoms with van der Waals surface area (Å²) in [6, 6.07) is 29.1. The Bertz CT molecular complexity index is 1940. The van der Waals surface area contributed by atoms with Crippen LogP contribution in [0.1, 0.15) is 26.4 Å². The van der Waals surface area contributed by atoms with Crippen LogP contribution in [-0.2, 0) is 9.59 Å². The molecule has 1 aromatic heterocycles. The number of thioether (sulfide) groups is 1. The molecule has 0 spiro atoms. The highest BCUT2D eigenvalue weighted by atomic mass is 32.2. The van der Waals surface area contributed by atoms with Gasteiger partial charge in [-0.1, -0.05) is 60.2 Å². The van der Waals surface area contributed by atoms with Gasteiger partial charge in [0.15, 0.2) is 16.6 Å². The third-order valence-electron chi connectivity index (χ3n) is 7.11. The Morgan fingerprint density at radius 2 is 1.56 bits per heavy atom. The fraction of sp³-hybridized carbons (Fsp3) is 0.135. The molecule has 0 aliphatic heterocycles. The third kappa shape index (κ3) is 8.69. The first-order valence-electron chi connectivity index (χ1n) is 14.9. The van der Waals surface area contributed by atoms with Crippen LogP contribution >= 0.6 is 23.1 Å². The van der Waals surface area contributed by atoms with Gasteiger partial charge >= 0.3 is 0 Å². The normalized spacial score (nSPS) is 11.0. The van der Waals surface area contributed by atoms with E-state index in [9.17, 15) is 14.4 Å². The molecule has 0 saturated carbocycles. The Morgan fingerprint density at radius 3 is 2.25 bits per heavy atom. The van der Waals surface area contributed by atoms with Crippen molar-refractivity contribution in [3.63, 3.8) is 0 Å². The highest BCUT2D eigenvalue weighted by Gasteiger charge is 2.18. The van der Waals surface area contributed by atoms with Crippen molar-refractivity contribution in [3.8, 4) is 22.8 Å². The van der Waals surface area contributed by atoms with E-state index >= 15 is 0 Å². The van der Waals surface area contributed by atoms with Gasteiger partial charge in [-0.3, -0.25) is 14.4 Å². The summed E-state index contributed by atoms with van der Waals surface area (Å²) in [6.07, 6.45) is 1.54. The summed E-state index contributed by atoms with van der Waals surface area (Å²) < 4.78 is 10.9. The fourth-order valence-electron chi connectivity index (χ4n) is 4.69. The second-order valence-corrected chi connectivity index (χ2v) is 12.8. The first-order valence-corrected chi connectivity index (χ1v) is 16.7. The van der Waals surface area contributed by atoms with Crippen LogP contribution in [0.15, 0.2) is 108 Å². The summed E-state index contributed by atoms with van der Waals surface area (Å²) in [6.45, 7) is 4.03. The number of para-hydroxylation sites is 1. The number of carbonyl (C=O) groups excluding carboxylic acids is 3. The van der Waals surface area contributed by atoms with Crippen molar-refractivity contribution >= 4 is 57.7 Å². The van der Waals surface area contributed by atoms with Crippen LogP contribution in [0.25, 0.3) is 17.3 Å². The zero-order chi connectivity index (χ0) is 34.0. The average molecular weight is 679 g/mol. The Morgan fingerprint density at radius 1 is 0.833 bits per heavy atom. The second-order valence-electron chi connectivity index (χ2n) is 10.6. The first kappa shape index (κ1) is 34.0. The smallest absolute Gasteiger partial charge is 0.272 e. The van der Waals surface area contributed by atoms with Crippen LogP contribution in [0, 0.1) is 13.8 Å². The number of thiazole rings is 1. The molecule has 48 heavy (non-hydrogen) atoms. The number of methoxy groups -OCH3 is 2. The standard InChI is InChI=1S/C37H34N4O5S2/c1-23-13-15-25(16-14-23)33-24(2)48-37(41-33)40-32(42)22-47-29-19-17-28(18-20-29)38-36(44)30(39-35(43)26-9-6-5-7-10-26)21-27-11-8-12-31(45-3)34(27)46-4/h5-21H,22H2,1-4H3,(H,38,44)(H,39,43)(H,40,41,42)/b30-21-. The molecule has 5 rings (SSSR count). The van der Waals surface area contributed by atoms with Gasteiger partial charge in [0.2, 0.25) is 5.91 Å². The molecule has 0 aliphatic carbocycles. The van der Waals surface area contributed by atoms with E-state index in [4.69, 9.17) is 9.47 Å². The molecule has 0 aliphatic rings. The van der Waals surface area contributed by atoms with E-state index in [0.717, 1.165) is 21.0 Å². The largest absolute Gasteiger partial charge is 0.493 e. The number of amides is 3. The van der Waals surface area contributed by atoms with Crippen LogP contribution in [0.4, 0.5) is 10.8 Å². The average Bonchev–Trinajstić information content (AvgIpc) is 3.47. The number of hydrogen-bond donors (Lipinski definition) is 3. The molecule has 3 N–H and O–H groups in total. The van der Waals surface area contributed by atoms with Crippen molar-refractivity contribution in [3.05, 3.63) is 124 Å². The van der Waals surface area contributed by atoms with Crippen molar-refractivity contribution in [2.45, 2.75) is 18.7 Å². The number of benzene rings is 4. The minimum Gasteiger partial charge on any atom is -0.493 e. The summed E-state index contributed by atoms with van der Waals surface area (Å²) in [4.78, 5) is 45.8. The zero-order valence-electron chi connectivity index (χ0n) is 26.8. The van der Waals surface area contributed by atoms with E-state index in [-0.39, 0.29) is 17.4 Å². The summed E-state index contributed by atoms with van der Waals surface area (Å²) in [5.41, 5.74) is 4.50. The molecule has 0 fully saturated rings. The van der Waals surface area contributed by atoms with Crippen LogP contribution < -0.4 is 25.4 Å². The topological polar surface area (TPSA) is 119 Å². The monoisotopic (exact) mass is 678 g/mol. The Kier molecular flexibility index (Phi) is 11.3. The van der Waals surface area contributed by atoms with Gasteiger partial charge < -0.3 is 25.4 Å². The fourth-order valence-corrected chi connectivity index (χ4v) is 6.24. The lowest BCUT2D eigenvalue weighted by Crippen LogP contribution is -2.30. The predicted molar refractivity (Wildman–Crippen MR) is 193 cm³/mol. The molecule has 0 bridgehead atoms. The maximum atomic E-state index is 13.5. The van der Waals surface area contributed by atoms with E-state index < -0.39 is 11.8 Å². The molecule has 3 amide bonds. The maximum absolute atomic E-state index is 13.5. The number of aromatic nitrogens is 1. The molecule has 9 nitrogen and oxygen atoms in total. The lowest BCUT2D eigenvalue weighted by atomic mass is 10.1. The minimum atomic E-state index is -0.535. The van der Waals surface area contributed by atoms with E-state index in [1.54, 1.807) is 60.7 Å². The molecule has 0 atom stereocenters. The number of ether oxygens (including phenoxy) is 2. The van der Waals surface area contributed by atoms with Gasteiger partial charge in [-0.05, 0) is 62.4 Å². The summed E-state index contributed by atoms with van der Waals surface area (Å²) in [5.74, 6) is -0.0584. The van der Waals surface area contributed by atoms with E-state index in [0.29, 0.717) is 33.4 Å². The number of anilines is 2. The molecular weight excluding hydrogens is 645 g/mol. The van der Waals surface area contributed by atoms with Crippen molar-refractivity contribution in [1.29, 1.82) is 0 Å². The number of nitrogens with one attached hydrogen (secondary N) is 3. The molecule has 5 aromatic rings. The van der Waals surface area contributed by atoms with Gasteiger partial charge in [-0.25, -0.2) is 4.98 Å². The highest BCUT2D eigenvalue weighted by molar-refractivity contribution is 8.00. The summed E-state index contributed by atoms with van der Waals surface area (Å²) in [7, 11) is 3.03. The highest BCUT2D eigenvalue weighted by Crippen LogP contribution is 2.33. The predicted octanol–water partition coefficient (Wildman–Crippen LogP) is 7.58. The summed E-state index contributed by atoms with van der Waals surface area (Å²) >= 11 is 2.81. The maximum Gasteiger partial charge on any atom is 0.272 e. The summed E-state index contributed by atoms with van der Waals surface area (Å²) in [5, 5.41) is 9.03. The van der Waals surface area contributed by atoms with Gasteiger partial charge in [0, 0.05) is 32.2 Å². The molecule has 0 unspecified atom stereocenters. The van der Waals surface area contributed by atoms with Crippen molar-refractivity contribution < 1.29 is 23.9 Å².